The van der Waals surface area contributed by atoms with Gasteiger partial charge in [-0.3, -0.25) is 0 Å². The number of hydrogen-bond donors (Lipinski definition) is 1. The van der Waals surface area contributed by atoms with Crippen LogP contribution >= 0.6 is 0 Å². The first-order chi connectivity index (χ1) is 14.8. The summed E-state index contributed by atoms with van der Waals surface area (Å²) in [7, 11) is -4.47. The van der Waals surface area contributed by atoms with Crippen molar-refractivity contribution in [2.75, 3.05) is 0 Å². The van der Waals surface area contributed by atoms with E-state index < -0.39 is 10.1 Å². The molecule has 0 bridgehead atoms. The smallest absolute Gasteiger partial charge is 0.246 e. The maximum absolute atomic E-state index is 10.5. The standard InChI is InChI=1S/C17H17N2.C7H8O4S/c1-13-8-9-16-15(12-13)17(14-6-3-2-4-7-14)19-11-5-10-18(16)19;1-5-2-3-6(8)4-7(5)12(9,10)11/h2-4,6-9,12H,5,10-11H2,1H3;2-4,8H,1H3,(H,9,10,11)/q+1;/p-1. The molecule has 3 aromatic carbocycles. The number of fused-ring (bicyclic) bond motifs is 3. The second-order valence-electron chi connectivity index (χ2n) is 7.74. The molecular formula is C24H24N2O4S. The second kappa shape index (κ2) is 8.17. The first-order valence-corrected chi connectivity index (χ1v) is 11.5. The van der Waals surface area contributed by atoms with Crippen LogP contribution in [-0.2, 0) is 23.2 Å². The van der Waals surface area contributed by atoms with Gasteiger partial charge in [0, 0.05) is 12.0 Å². The van der Waals surface area contributed by atoms with E-state index in [2.05, 4.69) is 64.8 Å². The Morgan fingerprint density at radius 2 is 1.74 bits per heavy atom. The summed E-state index contributed by atoms with van der Waals surface area (Å²) in [6, 6.07) is 21.2. The number of phenolic OH excluding ortho intramolecular Hbond substituents is 1. The van der Waals surface area contributed by atoms with Gasteiger partial charge in [-0.1, -0.05) is 35.9 Å². The highest BCUT2D eigenvalue weighted by molar-refractivity contribution is 7.85. The first-order valence-electron chi connectivity index (χ1n) is 10.1. The van der Waals surface area contributed by atoms with Gasteiger partial charge in [0.05, 0.1) is 16.8 Å². The maximum atomic E-state index is 10.5. The van der Waals surface area contributed by atoms with Crippen LogP contribution in [0.1, 0.15) is 17.5 Å². The number of nitrogens with zero attached hydrogens (tertiary/aromatic N) is 2. The van der Waals surface area contributed by atoms with Crippen LogP contribution in [0.15, 0.2) is 71.6 Å². The van der Waals surface area contributed by atoms with E-state index in [9.17, 15) is 13.0 Å². The molecule has 4 aromatic rings. The topological polar surface area (TPSA) is 86.2 Å². The fourth-order valence-corrected chi connectivity index (χ4v) is 4.78. The van der Waals surface area contributed by atoms with Crippen molar-refractivity contribution in [3.8, 4) is 17.0 Å². The highest BCUT2D eigenvalue weighted by Gasteiger charge is 2.29. The number of phenols is 1. The van der Waals surface area contributed by atoms with Gasteiger partial charge in [0.1, 0.15) is 21.4 Å². The number of aromatic nitrogens is 2. The van der Waals surface area contributed by atoms with E-state index in [1.54, 1.807) is 0 Å². The number of rotatable bonds is 2. The predicted octanol–water partition coefficient (Wildman–Crippen LogP) is 3.91. The van der Waals surface area contributed by atoms with Gasteiger partial charge < -0.3 is 9.66 Å². The van der Waals surface area contributed by atoms with Crippen LogP contribution in [0.4, 0.5) is 0 Å². The molecule has 1 N–H and O–H groups in total. The molecule has 0 atom stereocenters. The third-order valence-corrected chi connectivity index (χ3v) is 6.44. The maximum Gasteiger partial charge on any atom is 0.246 e. The summed E-state index contributed by atoms with van der Waals surface area (Å²) >= 11 is 0. The van der Waals surface area contributed by atoms with Crippen LogP contribution in [0.2, 0.25) is 0 Å². The van der Waals surface area contributed by atoms with E-state index in [4.69, 9.17) is 5.11 Å². The molecule has 0 saturated heterocycles. The van der Waals surface area contributed by atoms with E-state index in [-0.39, 0.29) is 10.6 Å². The normalized spacial score (nSPS) is 13.0. The molecule has 5 rings (SSSR count). The zero-order chi connectivity index (χ0) is 22.2. The zero-order valence-electron chi connectivity index (χ0n) is 17.4. The molecule has 0 amide bonds. The van der Waals surface area contributed by atoms with Crippen molar-refractivity contribution >= 4 is 21.0 Å². The number of aryl methyl sites for hydroxylation is 3. The largest absolute Gasteiger partial charge is 0.744 e. The lowest BCUT2D eigenvalue weighted by Crippen LogP contribution is -2.38. The minimum absolute atomic E-state index is 0.227. The van der Waals surface area contributed by atoms with Crippen LogP contribution in [0.25, 0.3) is 22.2 Å². The molecular weight excluding hydrogens is 412 g/mol. The van der Waals surface area contributed by atoms with Gasteiger partial charge in [-0.25, -0.2) is 8.42 Å². The lowest BCUT2D eigenvalue weighted by Gasteiger charge is -2.09. The number of aromatic hydroxyl groups is 1. The van der Waals surface area contributed by atoms with Crippen molar-refractivity contribution in [1.82, 2.24) is 4.68 Å². The Morgan fingerprint density at radius 1 is 1.00 bits per heavy atom. The Balaban J connectivity index is 0.000000168. The third kappa shape index (κ3) is 4.19. The zero-order valence-corrected chi connectivity index (χ0v) is 18.3. The molecule has 0 unspecified atom stereocenters. The molecule has 1 aliphatic heterocycles. The van der Waals surface area contributed by atoms with Gasteiger partial charge in [-0.15, -0.1) is 4.68 Å². The molecule has 0 spiro atoms. The van der Waals surface area contributed by atoms with Crippen molar-refractivity contribution < 1.29 is 22.8 Å². The summed E-state index contributed by atoms with van der Waals surface area (Å²) in [5.41, 5.74) is 5.72. The van der Waals surface area contributed by atoms with Gasteiger partial charge in [-0.05, 0) is 55.8 Å². The van der Waals surface area contributed by atoms with E-state index in [0.29, 0.717) is 5.56 Å². The van der Waals surface area contributed by atoms with Crippen LogP contribution in [0.3, 0.4) is 0 Å². The molecule has 0 radical (unpaired) electrons. The highest BCUT2D eigenvalue weighted by atomic mass is 32.2. The molecule has 0 saturated carbocycles. The van der Waals surface area contributed by atoms with E-state index in [1.807, 2.05) is 0 Å². The molecule has 0 aliphatic carbocycles. The minimum Gasteiger partial charge on any atom is -0.744 e. The summed E-state index contributed by atoms with van der Waals surface area (Å²) in [6.07, 6.45) is 1.24. The Labute approximate surface area is 181 Å². The van der Waals surface area contributed by atoms with Crippen molar-refractivity contribution in [2.24, 2.45) is 0 Å². The van der Waals surface area contributed by atoms with Gasteiger partial charge in [0.15, 0.2) is 6.54 Å². The molecule has 6 nitrogen and oxygen atoms in total. The van der Waals surface area contributed by atoms with Crippen molar-refractivity contribution in [2.45, 2.75) is 38.3 Å². The number of benzene rings is 3. The first kappa shape index (κ1) is 21.1. The van der Waals surface area contributed by atoms with Crippen LogP contribution in [0.5, 0.6) is 5.75 Å². The summed E-state index contributed by atoms with van der Waals surface area (Å²) in [5.74, 6) is -0.227. The van der Waals surface area contributed by atoms with E-state index in [0.717, 1.165) is 19.2 Å². The molecule has 160 valence electrons. The quantitative estimate of drug-likeness (QED) is 0.381. The van der Waals surface area contributed by atoms with Crippen molar-refractivity contribution in [3.63, 3.8) is 0 Å². The summed E-state index contributed by atoms with van der Waals surface area (Å²) < 4.78 is 36.5. The minimum atomic E-state index is -4.47. The fraction of sp³-hybridized carbons (Fsp3) is 0.208. The van der Waals surface area contributed by atoms with Gasteiger partial charge in [-0.2, -0.15) is 4.68 Å². The Hall–Kier alpha value is -3.16. The van der Waals surface area contributed by atoms with Gasteiger partial charge >= 0.3 is 0 Å². The summed E-state index contributed by atoms with van der Waals surface area (Å²) in [5, 5.41) is 10.3. The molecule has 1 aliphatic rings. The lowest BCUT2D eigenvalue weighted by atomic mass is 10.1. The van der Waals surface area contributed by atoms with Gasteiger partial charge in [0.2, 0.25) is 5.69 Å². The second-order valence-corrected chi connectivity index (χ2v) is 9.09. The molecule has 1 aromatic heterocycles. The average molecular weight is 437 g/mol. The third-order valence-electron chi connectivity index (χ3n) is 5.46. The predicted molar refractivity (Wildman–Crippen MR) is 118 cm³/mol. The molecule has 31 heavy (non-hydrogen) atoms. The Kier molecular flexibility index (Phi) is 5.56. The van der Waals surface area contributed by atoms with Crippen molar-refractivity contribution in [1.29, 1.82) is 0 Å². The molecule has 0 fully saturated rings. The number of hydrogen-bond acceptors (Lipinski definition) is 4. The van der Waals surface area contributed by atoms with Crippen LogP contribution < -0.4 is 4.68 Å². The monoisotopic (exact) mass is 436 g/mol. The van der Waals surface area contributed by atoms with Crippen molar-refractivity contribution in [3.05, 3.63) is 77.9 Å². The van der Waals surface area contributed by atoms with E-state index >= 15 is 0 Å². The molecule has 2 heterocycles. The lowest BCUT2D eigenvalue weighted by molar-refractivity contribution is -0.745. The van der Waals surface area contributed by atoms with E-state index in [1.165, 1.54) is 53.2 Å². The highest BCUT2D eigenvalue weighted by Crippen LogP contribution is 2.29. The average Bonchev–Trinajstić information content (AvgIpc) is 3.30. The summed E-state index contributed by atoms with van der Waals surface area (Å²) in [4.78, 5) is -0.373. The Bertz CT molecular complexity index is 1360. The summed E-state index contributed by atoms with van der Waals surface area (Å²) in [6.45, 7) is 5.91. The van der Waals surface area contributed by atoms with Gasteiger partial charge in [0.25, 0.3) is 0 Å². The Morgan fingerprint density at radius 3 is 2.42 bits per heavy atom. The SMILES string of the molecule is Cc1ccc(O)cc1S(=O)(=O)[O-].Cc1ccc2c(c1)c(-c1ccccc1)[n+]1n2CCC1. The van der Waals surface area contributed by atoms with Crippen LogP contribution in [0, 0.1) is 13.8 Å². The molecule has 7 heteroatoms. The fourth-order valence-electron chi connectivity index (χ4n) is 4.06. The van der Waals surface area contributed by atoms with Crippen LogP contribution in [-0.4, -0.2) is 22.8 Å².